The van der Waals surface area contributed by atoms with Crippen LogP contribution in [-0.2, 0) is 13.1 Å². The van der Waals surface area contributed by atoms with Gasteiger partial charge in [-0.1, -0.05) is 11.6 Å². The van der Waals surface area contributed by atoms with Crippen molar-refractivity contribution < 1.29 is 18.6 Å². The molecule has 0 unspecified atom stereocenters. The molecule has 6 aromatic rings. The molecule has 0 aliphatic heterocycles. The molecule has 0 amide bonds. The molecule has 0 radical (unpaired) electrons. The zero-order valence-electron chi connectivity index (χ0n) is 25.7. The number of pyridine rings is 2. The van der Waals surface area contributed by atoms with E-state index in [1.54, 1.807) is 25.1 Å². The lowest BCUT2D eigenvalue weighted by Crippen LogP contribution is -2.23. The SMILES string of the molecule is CCn1c(-c2ccc(F)cc2)c(-n2cc([N+](=O)[O-])cn2)cc(Cl)c1=O.CCn1c(-c2ccc(F)cc2)c(-n2cc([N+](=O)[O-])cn2)ccc1=O. The standard InChI is InChI=1S/C16H12ClFN4O3.C16H13FN4O3/c1-2-20-15(10-3-5-11(18)6-4-10)14(7-13(17)16(20)23)21-9-12(8-19-21)22(24)25;1-2-19-15(22)8-7-14(20-10-13(9-18-20)21(23)24)16(19)11-3-5-12(17)6-4-11/h3-9H,2H2,1H3;3-10H,2H2,1H3. The first kappa shape index (κ1) is 34.1. The Hall–Kier alpha value is -6.29. The Morgan fingerprint density at radius 2 is 1.14 bits per heavy atom. The van der Waals surface area contributed by atoms with Crippen LogP contribution in [0.3, 0.4) is 0 Å². The van der Waals surface area contributed by atoms with E-state index >= 15 is 0 Å². The summed E-state index contributed by atoms with van der Waals surface area (Å²) in [4.78, 5) is 45.2. The van der Waals surface area contributed by atoms with E-state index in [0.29, 0.717) is 47.0 Å². The van der Waals surface area contributed by atoms with Crippen molar-refractivity contribution in [1.29, 1.82) is 0 Å². The van der Waals surface area contributed by atoms with E-state index in [1.807, 2.05) is 6.92 Å². The third-order valence-corrected chi connectivity index (χ3v) is 7.58. The van der Waals surface area contributed by atoms with Crippen LogP contribution in [0.25, 0.3) is 33.9 Å². The first-order valence-electron chi connectivity index (χ1n) is 14.5. The maximum absolute atomic E-state index is 13.3. The molecular formula is C32H25ClF2N8O6. The number of halogens is 3. The molecule has 0 atom stereocenters. The second-order valence-corrected chi connectivity index (χ2v) is 10.6. The Morgan fingerprint density at radius 3 is 1.57 bits per heavy atom. The van der Waals surface area contributed by atoms with Gasteiger partial charge in [0.2, 0.25) is 0 Å². The molecule has 0 bridgehead atoms. The van der Waals surface area contributed by atoms with Crippen LogP contribution >= 0.6 is 11.6 Å². The molecule has 4 aromatic heterocycles. The molecule has 0 spiro atoms. The summed E-state index contributed by atoms with van der Waals surface area (Å²) in [5.74, 6) is -0.810. The van der Waals surface area contributed by atoms with Crippen molar-refractivity contribution in [2.24, 2.45) is 0 Å². The zero-order chi connectivity index (χ0) is 35.4. The summed E-state index contributed by atoms with van der Waals surface area (Å²) in [5.41, 5.74) is 2.02. The van der Waals surface area contributed by atoms with Gasteiger partial charge in [0.1, 0.15) is 41.4 Å². The molecule has 0 saturated carbocycles. The third-order valence-electron chi connectivity index (χ3n) is 7.31. The van der Waals surface area contributed by atoms with E-state index in [-0.39, 0.29) is 22.0 Å². The van der Waals surface area contributed by atoms with E-state index in [9.17, 15) is 38.6 Å². The number of nitrogens with zero attached hydrogens (tertiary/aromatic N) is 8. The Bertz CT molecular complexity index is 2300. The molecule has 4 heterocycles. The highest BCUT2D eigenvalue weighted by atomic mass is 35.5. The normalized spacial score (nSPS) is 10.8. The quantitative estimate of drug-likeness (QED) is 0.135. The first-order valence-corrected chi connectivity index (χ1v) is 14.9. The minimum absolute atomic E-state index is 0.0409. The molecule has 49 heavy (non-hydrogen) atoms. The smallest absolute Gasteiger partial charge is 0.306 e. The summed E-state index contributed by atoms with van der Waals surface area (Å²) in [6.07, 6.45) is 4.73. The fraction of sp³-hybridized carbons (Fsp3) is 0.125. The molecule has 6 rings (SSSR count). The summed E-state index contributed by atoms with van der Waals surface area (Å²) in [7, 11) is 0. The van der Waals surface area contributed by atoms with Gasteiger partial charge in [0, 0.05) is 30.3 Å². The van der Waals surface area contributed by atoms with Crippen molar-refractivity contribution in [3.63, 3.8) is 0 Å². The lowest BCUT2D eigenvalue weighted by molar-refractivity contribution is -0.385. The van der Waals surface area contributed by atoms with Gasteiger partial charge in [-0.2, -0.15) is 10.2 Å². The van der Waals surface area contributed by atoms with E-state index in [2.05, 4.69) is 10.2 Å². The summed E-state index contributed by atoms with van der Waals surface area (Å²) in [5, 5.41) is 29.7. The van der Waals surface area contributed by atoms with Crippen LogP contribution in [0.1, 0.15) is 13.8 Å². The van der Waals surface area contributed by atoms with Crippen molar-refractivity contribution in [3.05, 3.63) is 149 Å². The van der Waals surface area contributed by atoms with Crippen LogP contribution in [0.2, 0.25) is 5.02 Å². The highest BCUT2D eigenvalue weighted by Gasteiger charge is 2.20. The first-order chi connectivity index (χ1) is 23.4. The van der Waals surface area contributed by atoms with Crippen molar-refractivity contribution in [2.45, 2.75) is 26.9 Å². The summed E-state index contributed by atoms with van der Waals surface area (Å²) >= 11 is 6.03. The van der Waals surface area contributed by atoms with Gasteiger partial charge < -0.3 is 9.13 Å². The Balaban J connectivity index is 0.000000191. The molecule has 250 valence electrons. The lowest BCUT2D eigenvalue weighted by Gasteiger charge is -2.16. The fourth-order valence-corrected chi connectivity index (χ4v) is 5.27. The third kappa shape index (κ3) is 7.03. The highest BCUT2D eigenvalue weighted by molar-refractivity contribution is 6.30. The van der Waals surface area contributed by atoms with E-state index in [1.165, 1.54) is 79.4 Å². The van der Waals surface area contributed by atoms with Gasteiger partial charge in [0.25, 0.3) is 11.1 Å². The van der Waals surface area contributed by atoms with Gasteiger partial charge in [-0.05, 0) is 74.5 Å². The maximum atomic E-state index is 13.3. The summed E-state index contributed by atoms with van der Waals surface area (Å²) in [6.45, 7) is 4.27. The minimum Gasteiger partial charge on any atom is -0.306 e. The largest absolute Gasteiger partial charge is 0.307 e. The number of nitro groups is 2. The maximum Gasteiger partial charge on any atom is 0.307 e. The van der Waals surface area contributed by atoms with Crippen molar-refractivity contribution in [1.82, 2.24) is 28.7 Å². The number of aromatic nitrogens is 6. The van der Waals surface area contributed by atoms with Gasteiger partial charge in [-0.15, -0.1) is 0 Å². The Labute approximate surface area is 280 Å². The van der Waals surface area contributed by atoms with E-state index in [4.69, 9.17) is 11.6 Å². The second-order valence-electron chi connectivity index (χ2n) is 10.2. The van der Waals surface area contributed by atoms with Crippen molar-refractivity contribution in [2.75, 3.05) is 0 Å². The highest BCUT2D eigenvalue weighted by Crippen LogP contribution is 2.29. The van der Waals surface area contributed by atoms with Crippen LogP contribution in [0, 0.1) is 31.9 Å². The predicted molar refractivity (Wildman–Crippen MR) is 176 cm³/mol. The van der Waals surface area contributed by atoms with E-state index < -0.39 is 27.0 Å². The van der Waals surface area contributed by atoms with Gasteiger partial charge in [-0.25, -0.2) is 18.1 Å². The fourth-order valence-electron chi connectivity index (χ4n) is 5.06. The van der Waals surface area contributed by atoms with Gasteiger partial charge >= 0.3 is 11.4 Å². The average molecular weight is 691 g/mol. The number of hydrogen-bond acceptors (Lipinski definition) is 8. The Kier molecular flexibility index (Phi) is 9.89. The molecule has 17 heteroatoms. The average Bonchev–Trinajstić information content (AvgIpc) is 3.78. The molecule has 0 aliphatic rings. The van der Waals surface area contributed by atoms with Gasteiger partial charge in [0.05, 0.1) is 32.6 Å². The molecule has 0 fully saturated rings. The van der Waals surface area contributed by atoms with Crippen LogP contribution < -0.4 is 11.1 Å². The topological polar surface area (TPSA) is 166 Å². The summed E-state index contributed by atoms with van der Waals surface area (Å²) in [6, 6.07) is 15.6. The van der Waals surface area contributed by atoms with Crippen LogP contribution in [0.15, 0.2) is 101 Å². The monoisotopic (exact) mass is 690 g/mol. The predicted octanol–water partition coefficient (Wildman–Crippen LogP) is 6.19. The molecule has 14 nitrogen and oxygen atoms in total. The second kappa shape index (κ2) is 14.2. The zero-order valence-corrected chi connectivity index (χ0v) is 26.5. The Morgan fingerprint density at radius 1 is 0.694 bits per heavy atom. The molecule has 0 N–H and O–H groups in total. The molecule has 0 aliphatic carbocycles. The summed E-state index contributed by atoms with van der Waals surface area (Å²) < 4.78 is 32.0. The minimum atomic E-state index is -0.571. The number of rotatable bonds is 8. The molecule has 2 aromatic carbocycles. The number of benzene rings is 2. The van der Waals surface area contributed by atoms with Crippen LogP contribution in [-0.4, -0.2) is 38.5 Å². The van der Waals surface area contributed by atoms with Crippen molar-refractivity contribution in [3.8, 4) is 33.9 Å². The van der Waals surface area contributed by atoms with E-state index in [0.717, 1.165) is 12.4 Å². The van der Waals surface area contributed by atoms with Crippen LogP contribution in [0.5, 0.6) is 0 Å². The van der Waals surface area contributed by atoms with Gasteiger partial charge in [-0.3, -0.25) is 29.8 Å². The lowest BCUT2D eigenvalue weighted by atomic mass is 10.1. The number of hydrogen-bond donors (Lipinski definition) is 0. The molecule has 0 saturated heterocycles. The molecular weight excluding hydrogens is 666 g/mol. The van der Waals surface area contributed by atoms with Crippen LogP contribution in [0.4, 0.5) is 20.2 Å². The van der Waals surface area contributed by atoms with Crippen molar-refractivity contribution >= 4 is 23.0 Å². The van der Waals surface area contributed by atoms with Gasteiger partial charge in [0.15, 0.2) is 0 Å².